The number of aryl methyl sites for hydroxylation is 1. The molecule has 0 bridgehead atoms. The largest absolute Gasteiger partial charge is 0.361 e. The molecular formula is C16H25N3O2. The van der Waals surface area contributed by atoms with E-state index in [2.05, 4.69) is 15.4 Å². The zero-order chi connectivity index (χ0) is 14.8. The van der Waals surface area contributed by atoms with Gasteiger partial charge in [0.2, 0.25) is 5.91 Å². The monoisotopic (exact) mass is 291 g/mol. The Morgan fingerprint density at radius 3 is 2.90 bits per heavy atom. The minimum absolute atomic E-state index is 0.0398. The Balaban J connectivity index is 1.66. The van der Waals surface area contributed by atoms with E-state index in [0.717, 1.165) is 50.4 Å². The van der Waals surface area contributed by atoms with E-state index in [1.807, 2.05) is 13.8 Å². The fourth-order valence-electron chi connectivity index (χ4n) is 3.23. The van der Waals surface area contributed by atoms with Gasteiger partial charge in [-0.25, -0.2) is 0 Å². The molecule has 1 saturated heterocycles. The molecule has 21 heavy (non-hydrogen) atoms. The van der Waals surface area contributed by atoms with Crippen molar-refractivity contribution in [1.29, 1.82) is 0 Å². The summed E-state index contributed by atoms with van der Waals surface area (Å²) < 4.78 is 5.51. The maximum atomic E-state index is 11.9. The molecule has 1 aromatic heterocycles. The average Bonchev–Trinajstić information content (AvgIpc) is 3.09. The van der Waals surface area contributed by atoms with Crippen molar-refractivity contribution < 1.29 is 9.32 Å². The molecule has 1 N–H and O–H groups in total. The zero-order valence-corrected chi connectivity index (χ0v) is 13.0. The van der Waals surface area contributed by atoms with Gasteiger partial charge in [0.1, 0.15) is 11.5 Å². The minimum Gasteiger partial charge on any atom is -0.361 e. The summed E-state index contributed by atoms with van der Waals surface area (Å²) in [7, 11) is 0. The highest BCUT2D eigenvalue weighted by atomic mass is 16.5. The van der Waals surface area contributed by atoms with Gasteiger partial charge in [0.15, 0.2) is 0 Å². The van der Waals surface area contributed by atoms with Gasteiger partial charge in [0, 0.05) is 30.5 Å². The molecule has 0 spiro atoms. The van der Waals surface area contributed by atoms with Crippen LogP contribution in [0.25, 0.3) is 0 Å². The number of carbonyl (C=O) groups is 1. The third-order valence-corrected chi connectivity index (χ3v) is 4.56. The van der Waals surface area contributed by atoms with Crippen LogP contribution in [0.4, 0.5) is 0 Å². The summed E-state index contributed by atoms with van der Waals surface area (Å²) in [4.78, 5) is 14.3. The highest BCUT2D eigenvalue weighted by Crippen LogP contribution is 2.26. The number of hydrogen-bond acceptors (Lipinski definition) is 4. The summed E-state index contributed by atoms with van der Waals surface area (Å²) in [6, 6.07) is 0.226. The van der Waals surface area contributed by atoms with Crippen molar-refractivity contribution >= 4 is 5.91 Å². The molecule has 1 aliphatic heterocycles. The lowest BCUT2D eigenvalue weighted by molar-refractivity contribution is -0.124. The maximum absolute atomic E-state index is 11.9. The number of nitrogens with one attached hydrogen (secondary N) is 1. The lowest BCUT2D eigenvalue weighted by Crippen LogP contribution is -2.40. The fourth-order valence-corrected chi connectivity index (χ4v) is 3.23. The van der Waals surface area contributed by atoms with E-state index in [1.54, 1.807) is 0 Å². The molecule has 1 aromatic rings. The van der Waals surface area contributed by atoms with E-state index < -0.39 is 0 Å². The van der Waals surface area contributed by atoms with Crippen LogP contribution in [0.15, 0.2) is 4.52 Å². The van der Waals surface area contributed by atoms with Crippen molar-refractivity contribution in [3.8, 4) is 0 Å². The van der Waals surface area contributed by atoms with Gasteiger partial charge in [-0.3, -0.25) is 9.69 Å². The van der Waals surface area contributed by atoms with E-state index >= 15 is 0 Å². The molecule has 1 unspecified atom stereocenters. The molecule has 116 valence electrons. The van der Waals surface area contributed by atoms with E-state index in [-0.39, 0.29) is 17.9 Å². The van der Waals surface area contributed by atoms with Gasteiger partial charge in [-0.05, 0) is 38.8 Å². The number of nitrogens with zero attached hydrogens (tertiary/aromatic N) is 2. The predicted molar refractivity (Wildman–Crippen MR) is 79.8 cm³/mol. The molecule has 5 heteroatoms. The molecule has 0 radical (unpaired) electrons. The number of carbonyl (C=O) groups excluding carboxylic acids is 1. The van der Waals surface area contributed by atoms with Crippen molar-refractivity contribution in [2.24, 2.45) is 5.92 Å². The summed E-state index contributed by atoms with van der Waals surface area (Å²) in [5.41, 5.74) is 2.32. The molecular weight excluding hydrogens is 266 g/mol. The number of amides is 1. The van der Waals surface area contributed by atoms with Crippen LogP contribution in [0.3, 0.4) is 0 Å². The Labute approximate surface area is 126 Å². The lowest BCUT2D eigenvalue weighted by atomic mass is 9.91. The molecule has 5 nitrogen and oxygen atoms in total. The lowest BCUT2D eigenvalue weighted by Gasteiger charge is -2.24. The van der Waals surface area contributed by atoms with Crippen LogP contribution in [0, 0.1) is 5.92 Å². The summed E-state index contributed by atoms with van der Waals surface area (Å²) in [6.45, 7) is 7.08. The van der Waals surface area contributed by atoms with E-state index in [0.29, 0.717) is 0 Å². The summed E-state index contributed by atoms with van der Waals surface area (Å²) >= 11 is 0. The number of fused-ring (bicyclic) bond motifs is 1. The second kappa shape index (κ2) is 6.18. The number of rotatable bonds is 4. The van der Waals surface area contributed by atoms with Gasteiger partial charge >= 0.3 is 0 Å². The van der Waals surface area contributed by atoms with Crippen molar-refractivity contribution in [1.82, 2.24) is 15.4 Å². The number of hydrogen-bond donors (Lipinski definition) is 1. The Morgan fingerprint density at radius 2 is 2.19 bits per heavy atom. The first-order chi connectivity index (χ1) is 10.1. The normalized spacial score (nSPS) is 22.5. The number of aromatic nitrogens is 1. The Bertz CT molecular complexity index is 504. The Kier molecular flexibility index (Phi) is 4.29. The minimum atomic E-state index is 0.0398. The Hall–Kier alpha value is -1.36. The molecule has 1 atom stereocenters. The Morgan fingerprint density at radius 1 is 1.43 bits per heavy atom. The average molecular weight is 291 g/mol. The van der Waals surface area contributed by atoms with E-state index in [1.165, 1.54) is 18.4 Å². The van der Waals surface area contributed by atoms with Crippen molar-refractivity contribution in [2.45, 2.75) is 58.5 Å². The van der Waals surface area contributed by atoms with Gasteiger partial charge in [-0.2, -0.15) is 0 Å². The second-order valence-electron chi connectivity index (χ2n) is 6.62. The first-order valence-corrected chi connectivity index (χ1v) is 8.12. The van der Waals surface area contributed by atoms with Crippen LogP contribution >= 0.6 is 0 Å². The van der Waals surface area contributed by atoms with E-state index in [4.69, 9.17) is 4.52 Å². The predicted octanol–water partition coefficient (Wildman–Crippen LogP) is 1.90. The van der Waals surface area contributed by atoms with Crippen LogP contribution < -0.4 is 5.32 Å². The summed E-state index contributed by atoms with van der Waals surface area (Å²) in [5.74, 6) is 1.21. The quantitative estimate of drug-likeness (QED) is 0.920. The SMILES string of the molecule is CC(C)C(=O)NC1CCc2onc(CN3CCCC3)c2C1. The molecule has 2 heterocycles. The van der Waals surface area contributed by atoms with Crippen molar-refractivity contribution in [2.75, 3.05) is 13.1 Å². The third-order valence-electron chi connectivity index (χ3n) is 4.56. The smallest absolute Gasteiger partial charge is 0.222 e. The van der Waals surface area contributed by atoms with Crippen LogP contribution in [-0.4, -0.2) is 35.1 Å². The number of likely N-dealkylation sites (tertiary alicyclic amines) is 1. The van der Waals surface area contributed by atoms with Gasteiger partial charge in [-0.15, -0.1) is 0 Å². The zero-order valence-electron chi connectivity index (χ0n) is 13.0. The van der Waals surface area contributed by atoms with Crippen molar-refractivity contribution in [3.05, 3.63) is 17.0 Å². The highest BCUT2D eigenvalue weighted by molar-refractivity contribution is 5.78. The maximum Gasteiger partial charge on any atom is 0.222 e. The molecule has 0 saturated carbocycles. The van der Waals surface area contributed by atoms with Crippen LogP contribution in [0.2, 0.25) is 0 Å². The second-order valence-corrected chi connectivity index (χ2v) is 6.62. The first kappa shape index (κ1) is 14.6. The van der Waals surface area contributed by atoms with Crippen LogP contribution in [-0.2, 0) is 24.2 Å². The fraction of sp³-hybridized carbons (Fsp3) is 0.750. The van der Waals surface area contributed by atoms with Gasteiger partial charge in [-0.1, -0.05) is 19.0 Å². The van der Waals surface area contributed by atoms with E-state index in [9.17, 15) is 4.79 Å². The molecule has 2 aliphatic rings. The van der Waals surface area contributed by atoms with Gasteiger partial charge < -0.3 is 9.84 Å². The topological polar surface area (TPSA) is 58.4 Å². The molecule has 1 fully saturated rings. The van der Waals surface area contributed by atoms with Crippen molar-refractivity contribution in [3.63, 3.8) is 0 Å². The highest BCUT2D eigenvalue weighted by Gasteiger charge is 2.28. The summed E-state index contributed by atoms with van der Waals surface area (Å²) in [5, 5.41) is 7.43. The molecule has 0 aromatic carbocycles. The summed E-state index contributed by atoms with van der Waals surface area (Å²) in [6.07, 6.45) is 5.26. The van der Waals surface area contributed by atoms with Gasteiger partial charge in [0.25, 0.3) is 0 Å². The van der Waals surface area contributed by atoms with Crippen LogP contribution in [0.5, 0.6) is 0 Å². The third kappa shape index (κ3) is 3.28. The first-order valence-electron chi connectivity index (χ1n) is 8.12. The molecule has 3 rings (SSSR count). The molecule has 1 amide bonds. The standard InChI is InChI=1S/C16H25N3O2/c1-11(2)16(20)17-12-5-6-15-13(9-12)14(18-21-15)10-19-7-3-4-8-19/h11-12H,3-10H2,1-2H3,(H,17,20). The molecule has 1 aliphatic carbocycles. The van der Waals surface area contributed by atoms with Crippen LogP contribution in [0.1, 0.15) is 50.1 Å². The van der Waals surface area contributed by atoms with Gasteiger partial charge in [0.05, 0.1) is 0 Å².